The van der Waals surface area contributed by atoms with Crippen molar-refractivity contribution in [2.24, 2.45) is 0 Å². The van der Waals surface area contributed by atoms with Crippen molar-refractivity contribution in [2.75, 3.05) is 20.8 Å². The molecule has 0 aliphatic carbocycles. The summed E-state index contributed by atoms with van der Waals surface area (Å²) in [6.07, 6.45) is 17.1. The second-order valence-electron chi connectivity index (χ2n) is 9.73. The largest absolute Gasteiger partial charge is 0.497 e. The highest BCUT2D eigenvalue weighted by Gasteiger charge is 2.22. The molecule has 0 saturated carbocycles. The molecule has 0 aliphatic heterocycles. The van der Waals surface area contributed by atoms with E-state index < -0.39 is 10.0 Å². The van der Waals surface area contributed by atoms with Crippen LogP contribution in [0.2, 0.25) is 0 Å². The number of aromatic nitrogens is 1. The molecule has 0 radical (unpaired) electrons. The molecule has 1 heterocycles. The van der Waals surface area contributed by atoms with Crippen molar-refractivity contribution in [1.29, 1.82) is 0 Å². The standard InChI is InChI=1S/C30H43NO5S/c1-35-26-16-19-28(20-17-26)37(33,34)31-24-25(29-21-18-27(36-2)23-30(29)31)15-13-11-9-7-5-3-4-6-8-10-12-14-22-32/h16-21,23-24,32H,3-15,22H2,1-2H3. The summed E-state index contributed by atoms with van der Waals surface area (Å²) in [5, 5.41) is 9.77. The summed E-state index contributed by atoms with van der Waals surface area (Å²) in [5.74, 6) is 1.25. The Labute approximate surface area is 222 Å². The maximum atomic E-state index is 13.5. The van der Waals surface area contributed by atoms with E-state index in [1.165, 1.54) is 55.3 Å². The third kappa shape index (κ3) is 8.24. The van der Waals surface area contributed by atoms with Crippen LogP contribution in [0.3, 0.4) is 0 Å². The first-order valence-corrected chi connectivity index (χ1v) is 15.1. The van der Waals surface area contributed by atoms with Gasteiger partial charge in [-0.25, -0.2) is 12.4 Å². The van der Waals surface area contributed by atoms with Crippen LogP contribution in [0.15, 0.2) is 53.6 Å². The number of rotatable bonds is 18. The van der Waals surface area contributed by atoms with Gasteiger partial charge in [-0.1, -0.05) is 64.2 Å². The van der Waals surface area contributed by atoms with E-state index in [2.05, 4.69) is 0 Å². The fourth-order valence-electron chi connectivity index (χ4n) is 4.83. The maximum absolute atomic E-state index is 13.5. The quantitative estimate of drug-likeness (QED) is 0.178. The molecule has 0 atom stereocenters. The molecule has 3 aromatic rings. The van der Waals surface area contributed by atoms with E-state index in [0.717, 1.165) is 43.1 Å². The van der Waals surface area contributed by atoms with Crippen LogP contribution in [-0.4, -0.2) is 38.3 Å². The number of fused-ring (bicyclic) bond motifs is 1. The fourth-order valence-corrected chi connectivity index (χ4v) is 6.21. The minimum absolute atomic E-state index is 0.227. The topological polar surface area (TPSA) is 77.8 Å². The van der Waals surface area contributed by atoms with Crippen LogP contribution >= 0.6 is 0 Å². The van der Waals surface area contributed by atoms with Gasteiger partial charge in [0, 0.05) is 24.3 Å². The summed E-state index contributed by atoms with van der Waals surface area (Å²) in [4.78, 5) is 0.227. The van der Waals surface area contributed by atoms with Gasteiger partial charge in [-0.3, -0.25) is 0 Å². The summed E-state index contributed by atoms with van der Waals surface area (Å²) < 4.78 is 39.0. The van der Waals surface area contributed by atoms with Crippen LogP contribution in [0.5, 0.6) is 11.5 Å². The Kier molecular flexibility index (Phi) is 11.8. The van der Waals surface area contributed by atoms with E-state index in [1.54, 1.807) is 50.7 Å². The fraction of sp³-hybridized carbons (Fsp3) is 0.533. The first-order valence-electron chi connectivity index (χ1n) is 13.7. The van der Waals surface area contributed by atoms with Gasteiger partial charge in [0.15, 0.2) is 0 Å². The molecule has 6 nitrogen and oxygen atoms in total. The van der Waals surface area contributed by atoms with E-state index in [4.69, 9.17) is 14.6 Å². The zero-order chi connectivity index (χ0) is 26.5. The number of nitrogens with zero attached hydrogens (tertiary/aromatic N) is 1. The molecule has 0 bridgehead atoms. The number of hydrogen-bond donors (Lipinski definition) is 1. The minimum Gasteiger partial charge on any atom is -0.497 e. The Hall–Kier alpha value is -2.51. The lowest BCUT2D eigenvalue weighted by Crippen LogP contribution is -2.11. The Balaban J connectivity index is 1.55. The van der Waals surface area contributed by atoms with Crippen molar-refractivity contribution in [3.8, 4) is 11.5 Å². The summed E-state index contributed by atoms with van der Waals surface area (Å²) in [6.45, 7) is 0.319. The Morgan fingerprint density at radius 2 is 1.22 bits per heavy atom. The van der Waals surface area contributed by atoms with Crippen molar-refractivity contribution in [3.05, 3.63) is 54.2 Å². The van der Waals surface area contributed by atoms with Crippen LogP contribution in [0.25, 0.3) is 10.9 Å². The minimum atomic E-state index is -3.76. The number of benzene rings is 2. The maximum Gasteiger partial charge on any atom is 0.268 e. The Morgan fingerprint density at radius 1 is 0.703 bits per heavy atom. The van der Waals surface area contributed by atoms with Gasteiger partial charge in [-0.05, 0) is 61.2 Å². The molecule has 0 fully saturated rings. The van der Waals surface area contributed by atoms with Crippen molar-refractivity contribution in [1.82, 2.24) is 3.97 Å². The van der Waals surface area contributed by atoms with E-state index in [-0.39, 0.29) is 4.90 Å². The van der Waals surface area contributed by atoms with Gasteiger partial charge >= 0.3 is 0 Å². The Bertz CT molecular complexity index is 1180. The van der Waals surface area contributed by atoms with Crippen LogP contribution in [0, 0.1) is 0 Å². The predicted molar refractivity (Wildman–Crippen MR) is 150 cm³/mol. The van der Waals surface area contributed by atoms with E-state index in [1.807, 2.05) is 12.1 Å². The molecule has 37 heavy (non-hydrogen) atoms. The molecule has 0 amide bonds. The van der Waals surface area contributed by atoms with Gasteiger partial charge in [0.1, 0.15) is 11.5 Å². The molecule has 3 rings (SSSR count). The number of aryl methyl sites for hydroxylation is 1. The van der Waals surface area contributed by atoms with Gasteiger partial charge in [-0.2, -0.15) is 0 Å². The average molecular weight is 530 g/mol. The SMILES string of the molecule is COc1ccc(S(=O)(=O)n2cc(CCCCCCCCCCCCCCO)c3ccc(OC)cc32)cc1. The van der Waals surface area contributed by atoms with E-state index in [0.29, 0.717) is 23.6 Å². The zero-order valence-corrected chi connectivity index (χ0v) is 23.3. The number of unbranched alkanes of at least 4 members (excludes halogenated alkanes) is 11. The van der Waals surface area contributed by atoms with Gasteiger partial charge < -0.3 is 14.6 Å². The second kappa shape index (κ2) is 15.0. The van der Waals surface area contributed by atoms with Crippen molar-refractivity contribution < 1.29 is 23.0 Å². The molecular formula is C30H43NO5S. The first-order chi connectivity index (χ1) is 18.0. The normalized spacial score (nSPS) is 11.8. The molecule has 0 saturated heterocycles. The number of ether oxygens (including phenoxy) is 2. The molecule has 7 heteroatoms. The lowest BCUT2D eigenvalue weighted by molar-refractivity contribution is 0.282. The molecule has 0 aliphatic rings. The van der Waals surface area contributed by atoms with Gasteiger partial charge in [-0.15, -0.1) is 0 Å². The summed E-state index contributed by atoms with van der Waals surface area (Å²) in [7, 11) is -0.607. The monoisotopic (exact) mass is 529 g/mol. The third-order valence-corrected chi connectivity index (χ3v) is 8.72. The highest BCUT2D eigenvalue weighted by Crippen LogP contribution is 2.31. The molecule has 1 N–H and O–H groups in total. The van der Waals surface area contributed by atoms with Gasteiger partial charge in [0.2, 0.25) is 0 Å². The van der Waals surface area contributed by atoms with Crippen LogP contribution in [0.4, 0.5) is 0 Å². The molecule has 0 spiro atoms. The number of methoxy groups -OCH3 is 2. The number of aliphatic hydroxyl groups is 1. The van der Waals surface area contributed by atoms with Crippen molar-refractivity contribution in [2.45, 2.75) is 88.4 Å². The predicted octanol–water partition coefficient (Wildman–Crippen LogP) is 7.11. The Morgan fingerprint density at radius 3 is 1.76 bits per heavy atom. The summed E-state index contributed by atoms with van der Waals surface area (Å²) in [5.41, 5.74) is 1.69. The van der Waals surface area contributed by atoms with Crippen LogP contribution in [-0.2, 0) is 16.4 Å². The van der Waals surface area contributed by atoms with Crippen LogP contribution in [0.1, 0.15) is 82.6 Å². The van der Waals surface area contributed by atoms with E-state index >= 15 is 0 Å². The number of hydrogen-bond acceptors (Lipinski definition) is 5. The molecule has 204 valence electrons. The lowest BCUT2D eigenvalue weighted by atomic mass is 10.0. The lowest BCUT2D eigenvalue weighted by Gasteiger charge is -2.09. The van der Waals surface area contributed by atoms with Gasteiger partial charge in [0.25, 0.3) is 10.0 Å². The van der Waals surface area contributed by atoms with Crippen LogP contribution < -0.4 is 9.47 Å². The van der Waals surface area contributed by atoms with Gasteiger partial charge in [0.05, 0.1) is 24.6 Å². The molecule has 0 unspecified atom stereocenters. The second-order valence-corrected chi connectivity index (χ2v) is 11.5. The number of aliphatic hydroxyl groups excluding tert-OH is 1. The van der Waals surface area contributed by atoms with Crippen molar-refractivity contribution >= 4 is 20.9 Å². The summed E-state index contributed by atoms with van der Waals surface area (Å²) >= 11 is 0. The highest BCUT2D eigenvalue weighted by molar-refractivity contribution is 7.90. The van der Waals surface area contributed by atoms with Crippen molar-refractivity contribution in [3.63, 3.8) is 0 Å². The zero-order valence-electron chi connectivity index (χ0n) is 22.5. The smallest absolute Gasteiger partial charge is 0.268 e. The summed E-state index contributed by atoms with van der Waals surface area (Å²) in [6, 6.07) is 12.1. The third-order valence-electron chi connectivity index (χ3n) is 7.03. The average Bonchev–Trinajstić information content (AvgIpc) is 3.29. The molecule has 1 aromatic heterocycles. The molecular weight excluding hydrogens is 486 g/mol. The molecule has 2 aromatic carbocycles. The van der Waals surface area contributed by atoms with E-state index in [9.17, 15) is 8.42 Å². The first kappa shape index (κ1) is 29.1. The highest BCUT2D eigenvalue weighted by atomic mass is 32.2.